The number of nitrogens with zero attached hydrogens (tertiary/aromatic N) is 1. The number of rotatable bonds is 1. The topological polar surface area (TPSA) is 48.1 Å². The molecule has 0 unspecified atom stereocenters. The molecule has 0 aliphatic rings. The minimum atomic E-state index is -4.75. The van der Waals surface area contributed by atoms with Gasteiger partial charge in [0.25, 0.3) is 0 Å². The van der Waals surface area contributed by atoms with Crippen LogP contribution in [0.3, 0.4) is 0 Å². The van der Waals surface area contributed by atoms with Gasteiger partial charge in [0.15, 0.2) is 5.75 Å². The molecule has 0 radical (unpaired) electrons. The SMILES string of the molecule is Cc1cc(N)c(OC(F)(F)F)c(I)n1. The first-order valence-corrected chi connectivity index (χ1v) is 4.56. The van der Waals surface area contributed by atoms with Crippen LogP contribution in [-0.2, 0) is 0 Å². The summed E-state index contributed by atoms with van der Waals surface area (Å²) in [5, 5.41) is 0. The van der Waals surface area contributed by atoms with Gasteiger partial charge in [0.2, 0.25) is 0 Å². The van der Waals surface area contributed by atoms with Crippen LogP contribution in [0.1, 0.15) is 5.69 Å². The summed E-state index contributed by atoms with van der Waals surface area (Å²) in [6, 6.07) is 1.32. The van der Waals surface area contributed by atoms with E-state index in [9.17, 15) is 13.2 Å². The average Bonchev–Trinajstić information content (AvgIpc) is 1.95. The van der Waals surface area contributed by atoms with E-state index in [2.05, 4.69) is 9.72 Å². The molecule has 1 heterocycles. The first-order chi connectivity index (χ1) is 6.29. The van der Waals surface area contributed by atoms with Gasteiger partial charge in [-0.05, 0) is 35.6 Å². The Balaban J connectivity index is 3.09. The molecular formula is C7H6F3IN2O. The smallest absolute Gasteiger partial charge is 0.401 e. The van der Waals surface area contributed by atoms with Crippen molar-refractivity contribution in [3.8, 4) is 5.75 Å². The largest absolute Gasteiger partial charge is 0.573 e. The van der Waals surface area contributed by atoms with Gasteiger partial charge in [-0.1, -0.05) is 0 Å². The van der Waals surface area contributed by atoms with Crippen LogP contribution in [0.5, 0.6) is 5.75 Å². The van der Waals surface area contributed by atoms with Gasteiger partial charge < -0.3 is 10.5 Å². The molecule has 1 rings (SSSR count). The van der Waals surface area contributed by atoms with Crippen molar-refractivity contribution in [2.45, 2.75) is 13.3 Å². The summed E-state index contributed by atoms with van der Waals surface area (Å²) < 4.78 is 39.5. The van der Waals surface area contributed by atoms with Gasteiger partial charge in [-0.25, -0.2) is 4.98 Å². The highest BCUT2D eigenvalue weighted by Crippen LogP contribution is 2.32. The van der Waals surface area contributed by atoms with Crippen molar-refractivity contribution in [2.24, 2.45) is 0 Å². The van der Waals surface area contributed by atoms with E-state index in [1.54, 1.807) is 29.5 Å². The highest BCUT2D eigenvalue weighted by Gasteiger charge is 2.33. The third kappa shape index (κ3) is 2.89. The summed E-state index contributed by atoms with van der Waals surface area (Å²) in [6.07, 6.45) is -4.75. The van der Waals surface area contributed by atoms with Crippen molar-refractivity contribution in [2.75, 3.05) is 5.73 Å². The molecule has 1 aromatic rings. The van der Waals surface area contributed by atoms with Gasteiger partial charge >= 0.3 is 6.36 Å². The molecule has 0 bridgehead atoms. The zero-order valence-corrected chi connectivity index (χ0v) is 9.18. The zero-order valence-electron chi connectivity index (χ0n) is 7.02. The van der Waals surface area contributed by atoms with E-state index in [0.29, 0.717) is 5.69 Å². The molecule has 0 aromatic carbocycles. The molecule has 0 aliphatic heterocycles. The fourth-order valence-electron chi connectivity index (χ4n) is 0.864. The normalized spacial score (nSPS) is 11.5. The van der Waals surface area contributed by atoms with E-state index in [-0.39, 0.29) is 9.39 Å². The van der Waals surface area contributed by atoms with Crippen molar-refractivity contribution in [3.63, 3.8) is 0 Å². The molecular weight excluding hydrogens is 312 g/mol. The predicted molar refractivity (Wildman–Crippen MR) is 52.8 cm³/mol. The Morgan fingerprint density at radius 1 is 1.50 bits per heavy atom. The van der Waals surface area contributed by atoms with E-state index in [4.69, 9.17) is 5.73 Å². The summed E-state index contributed by atoms with van der Waals surface area (Å²) in [6.45, 7) is 1.63. The van der Waals surface area contributed by atoms with Crippen molar-refractivity contribution < 1.29 is 17.9 Å². The number of halogens is 4. The third-order valence-electron chi connectivity index (χ3n) is 1.31. The molecule has 7 heteroatoms. The number of hydrogen-bond donors (Lipinski definition) is 1. The van der Waals surface area contributed by atoms with Crippen LogP contribution in [0.25, 0.3) is 0 Å². The summed E-state index contributed by atoms with van der Waals surface area (Å²) >= 11 is 1.64. The maximum absolute atomic E-state index is 11.9. The Morgan fingerprint density at radius 3 is 2.50 bits per heavy atom. The van der Waals surface area contributed by atoms with Gasteiger partial charge in [-0.3, -0.25) is 0 Å². The fraction of sp³-hybridized carbons (Fsp3) is 0.286. The number of alkyl halides is 3. The first-order valence-electron chi connectivity index (χ1n) is 3.48. The van der Waals surface area contributed by atoms with Gasteiger partial charge in [0, 0.05) is 5.69 Å². The van der Waals surface area contributed by atoms with E-state index in [1.165, 1.54) is 6.07 Å². The molecule has 0 spiro atoms. The number of ether oxygens (including phenoxy) is 1. The summed E-state index contributed by atoms with van der Waals surface area (Å²) in [5.41, 5.74) is 5.83. The fourth-order valence-corrected chi connectivity index (χ4v) is 1.67. The molecule has 3 nitrogen and oxygen atoms in total. The lowest BCUT2D eigenvalue weighted by Gasteiger charge is -2.12. The second kappa shape index (κ2) is 3.79. The van der Waals surface area contributed by atoms with Gasteiger partial charge in [-0.15, -0.1) is 13.2 Å². The maximum Gasteiger partial charge on any atom is 0.573 e. The lowest BCUT2D eigenvalue weighted by molar-refractivity contribution is -0.274. The Kier molecular flexibility index (Phi) is 3.07. The summed E-state index contributed by atoms with van der Waals surface area (Å²) in [7, 11) is 0. The van der Waals surface area contributed by atoms with Crippen LogP contribution in [0.4, 0.5) is 18.9 Å². The van der Waals surface area contributed by atoms with Gasteiger partial charge in [0.1, 0.15) is 3.70 Å². The Labute approximate surface area is 91.6 Å². The Morgan fingerprint density at radius 2 is 2.07 bits per heavy atom. The lowest BCUT2D eigenvalue weighted by atomic mass is 10.3. The molecule has 0 fully saturated rings. The van der Waals surface area contributed by atoms with Crippen molar-refractivity contribution >= 4 is 28.3 Å². The number of nitrogen functional groups attached to an aromatic ring is 1. The molecule has 2 N–H and O–H groups in total. The van der Waals surface area contributed by atoms with Crippen molar-refractivity contribution in [1.29, 1.82) is 0 Å². The number of nitrogens with two attached hydrogens (primary N) is 1. The Hall–Kier alpha value is -0.730. The predicted octanol–water partition coefficient (Wildman–Crippen LogP) is 2.48. The monoisotopic (exact) mass is 318 g/mol. The maximum atomic E-state index is 11.9. The van der Waals surface area contributed by atoms with Gasteiger partial charge in [0.05, 0.1) is 5.69 Å². The summed E-state index contributed by atoms with van der Waals surface area (Å²) in [4.78, 5) is 3.80. The molecule has 0 amide bonds. The molecule has 78 valence electrons. The van der Waals surface area contributed by atoms with E-state index >= 15 is 0 Å². The van der Waals surface area contributed by atoms with Crippen LogP contribution in [-0.4, -0.2) is 11.3 Å². The number of hydrogen-bond acceptors (Lipinski definition) is 3. The van der Waals surface area contributed by atoms with Crippen molar-refractivity contribution in [1.82, 2.24) is 4.98 Å². The lowest BCUT2D eigenvalue weighted by Crippen LogP contribution is -2.19. The zero-order chi connectivity index (χ0) is 10.9. The average molecular weight is 318 g/mol. The molecule has 1 aromatic heterocycles. The van der Waals surface area contributed by atoms with Crippen LogP contribution < -0.4 is 10.5 Å². The highest BCUT2D eigenvalue weighted by molar-refractivity contribution is 14.1. The Bertz CT molecular complexity index is 330. The minimum absolute atomic E-state index is 0.0702. The third-order valence-corrected chi connectivity index (χ3v) is 2.04. The number of aromatic nitrogens is 1. The van der Waals surface area contributed by atoms with E-state index in [1.807, 2.05) is 0 Å². The van der Waals surface area contributed by atoms with E-state index in [0.717, 1.165) is 0 Å². The first kappa shape index (κ1) is 11.3. The standard InChI is InChI=1S/C7H6F3IN2O/c1-3-2-4(12)5(6(11)13-3)14-7(8,9)10/h2H,1H3,(H2,12,13). The molecule has 14 heavy (non-hydrogen) atoms. The number of pyridine rings is 1. The van der Waals surface area contributed by atoms with Crippen LogP contribution in [0, 0.1) is 10.6 Å². The van der Waals surface area contributed by atoms with E-state index < -0.39 is 12.1 Å². The highest BCUT2D eigenvalue weighted by atomic mass is 127. The summed E-state index contributed by atoms with van der Waals surface area (Å²) in [5.74, 6) is -0.441. The van der Waals surface area contributed by atoms with Gasteiger partial charge in [-0.2, -0.15) is 0 Å². The van der Waals surface area contributed by atoms with Crippen LogP contribution >= 0.6 is 22.6 Å². The molecule has 0 atom stereocenters. The second-order valence-electron chi connectivity index (χ2n) is 2.52. The second-order valence-corrected chi connectivity index (χ2v) is 3.54. The van der Waals surface area contributed by atoms with Crippen LogP contribution in [0.2, 0.25) is 0 Å². The molecule has 0 aliphatic carbocycles. The van der Waals surface area contributed by atoms with Crippen molar-refractivity contribution in [3.05, 3.63) is 15.5 Å². The molecule has 0 saturated heterocycles. The number of anilines is 1. The van der Waals surface area contributed by atoms with Crippen LogP contribution in [0.15, 0.2) is 6.07 Å². The number of aryl methyl sites for hydroxylation is 1. The minimum Gasteiger partial charge on any atom is -0.401 e. The molecule has 0 saturated carbocycles. The quantitative estimate of drug-likeness (QED) is 0.639.